The van der Waals surface area contributed by atoms with Crippen LogP contribution < -0.4 is 10.0 Å². The molecule has 1 heterocycles. The highest BCUT2D eigenvalue weighted by Crippen LogP contribution is 2.12. The number of nitrogens with one attached hydrogen (secondary N) is 2. The van der Waals surface area contributed by atoms with E-state index in [-0.39, 0.29) is 23.8 Å². The number of hydrogen-bond donors (Lipinski definition) is 2. The minimum atomic E-state index is -3.13. The highest BCUT2D eigenvalue weighted by atomic mass is 32.2. The fourth-order valence-corrected chi connectivity index (χ4v) is 4.23. The van der Waals surface area contributed by atoms with Crippen LogP contribution in [0.2, 0.25) is 0 Å². The van der Waals surface area contributed by atoms with Crippen LogP contribution >= 0.6 is 0 Å². The molecule has 1 aliphatic rings. The van der Waals surface area contributed by atoms with Crippen LogP contribution in [0.4, 0.5) is 0 Å². The van der Waals surface area contributed by atoms with E-state index in [0.29, 0.717) is 0 Å². The van der Waals surface area contributed by atoms with Gasteiger partial charge >= 0.3 is 0 Å². The average Bonchev–Trinajstić information content (AvgIpc) is 2.20. The summed E-state index contributed by atoms with van der Waals surface area (Å²) in [6.45, 7) is 7.13. The van der Waals surface area contributed by atoms with E-state index in [1.165, 1.54) is 0 Å². The third-order valence-electron chi connectivity index (χ3n) is 3.38. The molecule has 0 bridgehead atoms. The molecular weight excluding hydrogens is 236 g/mol. The maximum absolute atomic E-state index is 12.0. The first-order valence-electron chi connectivity index (χ1n) is 6.68. The highest BCUT2D eigenvalue weighted by molar-refractivity contribution is 7.89. The molecular formula is C12H26N2O2S. The summed E-state index contributed by atoms with van der Waals surface area (Å²) in [6.07, 6.45) is 4.00. The number of rotatable bonds is 6. The van der Waals surface area contributed by atoms with Gasteiger partial charge in [0, 0.05) is 12.1 Å². The smallest absolute Gasteiger partial charge is 0.212 e. The standard InChI is InChI=1S/C12H26N2O2S/c1-4-6-10(2)9-17(15,16)14-12-7-5-8-13-11(12)3/h10-14H,4-9H2,1-3H3. The monoisotopic (exact) mass is 262 g/mol. The summed E-state index contributed by atoms with van der Waals surface area (Å²) in [6, 6.07) is 0.294. The molecule has 3 unspecified atom stereocenters. The van der Waals surface area contributed by atoms with Crippen molar-refractivity contribution >= 4 is 10.0 Å². The molecule has 0 radical (unpaired) electrons. The summed E-state index contributed by atoms with van der Waals surface area (Å²) >= 11 is 0. The van der Waals surface area contributed by atoms with Crippen LogP contribution in [0.15, 0.2) is 0 Å². The molecule has 0 aromatic rings. The normalized spacial score (nSPS) is 27.9. The second kappa shape index (κ2) is 6.71. The van der Waals surface area contributed by atoms with Crippen molar-refractivity contribution < 1.29 is 8.42 Å². The lowest BCUT2D eigenvalue weighted by atomic mass is 10.0. The van der Waals surface area contributed by atoms with Gasteiger partial charge in [-0.15, -0.1) is 0 Å². The van der Waals surface area contributed by atoms with Gasteiger partial charge in [-0.2, -0.15) is 0 Å². The van der Waals surface area contributed by atoms with Gasteiger partial charge in [-0.1, -0.05) is 20.3 Å². The Labute approximate surface area is 106 Å². The van der Waals surface area contributed by atoms with Crippen molar-refractivity contribution in [2.45, 2.75) is 58.5 Å². The van der Waals surface area contributed by atoms with Crippen LogP contribution in [0.3, 0.4) is 0 Å². The lowest BCUT2D eigenvalue weighted by molar-refractivity contribution is 0.348. The molecule has 5 heteroatoms. The molecule has 1 aliphatic heterocycles. The van der Waals surface area contributed by atoms with E-state index in [2.05, 4.69) is 17.0 Å². The van der Waals surface area contributed by atoms with Crippen molar-refractivity contribution in [1.82, 2.24) is 10.0 Å². The van der Waals surface area contributed by atoms with E-state index in [1.54, 1.807) is 0 Å². The first-order valence-corrected chi connectivity index (χ1v) is 8.33. The Morgan fingerprint density at radius 3 is 2.76 bits per heavy atom. The lowest BCUT2D eigenvalue weighted by Crippen LogP contribution is -2.52. The predicted octanol–water partition coefficient (Wildman–Crippen LogP) is 1.48. The minimum absolute atomic E-state index is 0.0579. The van der Waals surface area contributed by atoms with Gasteiger partial charge in [0.05, 0.1) is 5.75 Å². The van der Waals surface area contributed by atoms with Gasteiger partial charge < -0.3 is 5.32 Å². The van der Waals surface area contributed by atoms with E-state index < -0.39 is 10.0 Å². The van der Waals surface area contributed by atoms with Crippen LogP contribution in [0, 0.1) is 5.92 Å². The number of piperidine rings is 1. The van der Waals surface area contributed by atoms with E-state index in [9.17, 15) is 8.42 Å². The van der Waals surface area contributed by atoms with Crippen molar-refractivity contribution in [3.05, 3.63) is 0 Å². The fraction of sp³-hybridized carbons (Fsp3) is 1.00. The summed E-state index contributed by atoms with van der Waals surface area (Å²) in [5.74, 6) is 0.494. The molecule has 0 spiro atoms. The summed E-state index contributed by atoms with van der Waals surface area (Å²) in [5, 5.41) is 3.31. The zero-order valence-corrected chi connectivity index (χ0v) is 12.0. The van der Waals surface area contributed by atoms with Crippen molar-refractivity contribution in [2.24, 2.45) is 5.92 Å². The molecule has 0 aliphatic carbocycles. The minimum Gasteiger partial charge on any atom is -0.313 e. The molecule has 0 aromatic carbocycles. The summed E-state index contributed by atoms with van der Waals surface area (Å²) in [5.41, 5.74) is 0. The fourth-order valence-electron chi connectivity index (χ4n) is 2.43. The summed E-state index contributed by atoms with van der Waals surface area (Å²) in [4.78, 5) is 0. The van der Waals surface area contributed by atoms with Crippen molar-refractivity contribution in [3.8, 4) is 0 Å². The predicted molar refractivity (Wildman–Crippen MR) is 71.5 cm³/mol. The SMILES string of the molecule is CCCC(C)CS(=O)(=O)NC1CCCNC1C. The quantitative estimate of drug-likeness (QED) is 0.762. The topological polar surface area (TPSA) is 58.2 Å². The molecule has 17 heavy (non-hydrogen) atoms. The van der Waals surface area contributed by atoms with Crippen LogP contribution in [-0.2, 0) is 10.0 Å². The zero-order valence-electron chi connectivity index (χ0n) is 11.2. The Morgan fingerprint density at radius 1 is 1.47 bits per heavy atom. The number of hydrogen-bond acceptors (Lipinski definition) is 3. The van der Waals surface area contributed by atoms with Gasteiger partial charge in [-0.25, -0.2) is 13.1 Å². The van der Waals surface area contributed by atoms with Gasteiger partial charge in [0.2, 0.25) is 10.0 Å². The third kappa shape index (κ3) is 5.36. The molecule has 3 atom stereocenters. The zero-order chi connectivity index (χ0) is 12.9. The van der Waals surface area contributed by atoms with E-state index >= 15 is 0 Å². The van der Waals surface area contributed by atoms with Gasteiger partial charge in [0.1, 0.15) is 0 Å². The Morgan fingerprint density at radius 2 is 2.18 bits per heavy atom. The lowest BCUT2D eigenvalue weighted by Gasteiger charge is -2.30. The van der Waals surface area contributed by atoms with Crippen LogP contribution in [0.25, 0.3) is 0 Å². The van der Waals surface area contributed by atoms with Crippen LogP contribution in [0.5, 0.6) is 0 Å². The summed E-state index contributed by atoms with van der Waals surface area (Å²) in [7, 11) is -3.13. The first-order chi connectivity index (χ1) is 7.94. The van der Waals surface area contributed by atoms with E-state index in [1.807, 2.05) is 13.8 Å². The Bertz CT molecular complexity index is 316. The first kappa shape index (κ1) is 14.9. The molecule has 1 saturated heterocycles. The number of sulfonamides is 1. The van der Waals surface area contributed by atoms with Crippen molar-refractivity contribution in [2.75, 3.05) is 12.3 Å². The maximum atomic E-state index is 12.0. The van der Waals surface area contributed by atoms with Gasteiger partial charge in [0.25, 0.3) is 0 Å². The molecule has 4 nitrogen and oxygen atoms in total. The molecule has 1 rings (SSSR count). The molecule has 0 amide bonds. The molecule has 1 fully saturated rings. The second-order valence-electron chi connectivity index (χ2n) is 5.28. The highest BCUT2D eigenvalue weighted by Gasteiger charge is 2.26. The average molecular weight is 262 g/mol. The molecule has 0 aromatic heterocycles. The molecule has 102 valence electrons. The van der Waals surface area contributed by atoms with Crippen LogP contribution in [0.1, 0.15) is 46.5 Å². The molecule has 0 saturated carbocycles. The maximum Gasteiger partial charge on any atom is 0.212 e. The van der Waals surface area contributed by atoms with Crippen molar-refractivity contribution in [3.63, 3.8) is 0 Å². The summed E-state index contributed by atoms with van der Waals surface area (Å²) < 4.78 is 26.8. The van der Waals surface area contributed by atoms with E-state index in [0.717, 1.165) is 32.2 Å². The van der Waals surface area contributed by atoms with Crippen LogP contribution in [-0.4, -0.2) is 32.8 Å². The molecule has 2 N–H and O–H groups in total. The Kier molecular flexibility index (Phi) is 5.89. The third-order valence-corrected chi connectivity index (χ3v) is 5.05. The van der Waals surface area contributed by atoms with Gasteiger partial charge in [-0.05, 0) is 38.6 Å². The van der Waals surface area contributed by atoms with Gasteiger partial charge in [-0.3, -0.25) is 0 Å². The largest absolute Gasteiger partial charge is 0.313 e. The Hall–Kier alpha value is -0.130. The van der Waals surface area contributed by atoms with E-state index in [4.69, 9.17) is 0 Å². The van der Waals surface area contributed by atoms with Gasteiger partial charge in [0.15, 0.2) is 0 Å². The second-order valence-corrected chi connectivity index (χ2v) is 7.08. The van der Waals surface area contributed by atoms with Crippen molar-refractivity contribution in [1.29, 1.82) is 0 Å². The Balaban J connectivity index is 2.47.